The molecule has 0 unspecified atom stereocenters. The maximum atomic E-state index is 4.32. The molecule has 0 fully saturated rings. The van der Waals surface area contributed by atoms with Gasteiger partial charge in [0.1, 0.15) is 0 Å². The van der Waals surface area contributed by atoms with Gasteiger partial charge in [0.25, 0.3) is 0 Å². The van der Waals surface area contributed by atoms with Crippen molar-refractivity contribution in [2.75, 3.05) is 20.3 Å². The maximum Gasteiger partial charge on any atom is 0.0484 e. The first kappa shape index (κ1) is 23.5. The normalized spacial score (nSPS) is 11.1. The molecule has 0 heterocycles. The topological polar surface area (TPSA) is 0 Å². The number of hydrogen-bond donors (Lipinski definition) is 4. The first-order chi connectivity index (χ1) is 10.8. The van der Waals surface area contributed by atoms with Crippen LogP contribution in [0, 0.1) is 0 Å². The Labute approximate surface area is 186 Å². The van der Waals surface area contributed by atoms with E-state index in [1.807, 2.05) is 0 Å². The second-order valence-corrected chi connectivity index (χ2v) is 15.3. The molecule has 0 radical (unpaired) electrons. The summed E-state index contributed by atoms with van der Waals surface area (Å²) in [5.74, 6) is 0. The SMILES string of the molecule is SCSSc1ccc(SSCS)c(SSCS)c1SSCS. The van der Waals surface area contributed by atoms with Crippen molar-refractivity contribution in [2.24, 2.45) is 0 Å². The summed E-state index contributed by atoms with van der Waals surface area (Å²) < 4.78 is 0. The maximum absolute atomic E-state index is 4.32. The molecule has 0 saturated carbocycles. The van der Waals surface area contributed by atoms with E-state index in [9.17, 15) is 0 Å². The van der Waals surface area contributed by atoms with Crippen LogP contribution >= 0.6 is 137 Å². The molecule has 1 aromatic carbocycles. The van der Waals surface area contributed by atoms with Crippen molar-refractivity contribution in [1.29, 1.82) is 0 Å². The van der Waals surface area contributed by atoms with Crippen LogP contribution in [-0.4, -0.2) is 20.3 Å². The van der Waals surface area contributed by atoms with Gasteiger partial charge in [0.2, 0.25) is 0 Å². The lowest BCUT2D eigenvalue weighted by atomic mass is 10.3. The van der Waals surface area contributed by atoms with Gasteiger partial charge in [0, 0.05) is 39.9 Å². The van der Waals surface area contributed by atoms with Gasteiger partial charge in [-0.3, -0.25) is 0 Å². The molecule has 0 saturated heterocycles. The molecule has 126 valence electrons. The quantitative estimate of drug-likeness (QED) is 0.123. The Bertz CT molecular complexity index is 386. The molecule has 0 N–H and O–H groups in total. The summed E-state index contributed by atoms with van der Waals surface area (Å²) in [7, 11) is 14.2. The van der Waals surface area contributed by atoms with Crippen LogP contribution in [-0.2, 0) is 0 Å². The molecule has 0 bridgehead atoms. The van der Waals surface area contributed by atoms with Crippen molar-refractivity contribution >= 4 is 137 Å². The third kappa shape index (κ3) is 8.88. The largest absolute Gasteiger partial charge is 0.167 e. The van der Waals surface area contributed by atoms with Crippen LogP contribution in [0.1, 0.15) is 0 Å². The van der Waals surface area contributed by atoms with Crippen molar-refractivity contribution in [3.8, 4) is 0 Å². The predicted octanol–water partition coefficient (Wildman–Crippen LogP) is 8.20. The number of benzene rings is 1. The molecule has 12 heteroatoms. The van der Waals surface area contributed by atoms with E-state index < -0.39 is 0 Å². The molecule has 0 spiro atoms. The van der Waals surface area contributed by atoms with Crippen molar-refractivity contribution < 1.29 is 0 Å². The van der Waals surface area contributed by atoms with E-state index in [2.05, 4.69) is 62.6 Å². The molecule has 0 aliphatic heterocycles. The van der Waals surface area contributed by atoms with Gasteiger partial charge in [-0.2, -0.15) is 50.5 Å². The zero-order chi connectivity index (χ0) is 16.2. The van der Waals surface area contributed by atoms with Gasteiger partial charge in [0.15, 0.2) is 0 Å². The number of rotatable bonds is 12. The molecule has 0 aliphatic carbocycles. The Kier molecular flexibility index (Phi) is 16.5. The molecule has 22 heavy (non-hydrogen) atoms. The van der Waals surface area contributed by atoms with Crippen LogP contribution in [0.5, 0.6) is 0 Å². The molecule has 0 amide bonds. The summed E-state index contributed by atoms with van der Waals surface area (Å²) in [5.41, 5.74) is 0. The smallest absolute Gasteiger partial charge is 0.0484 e. The predicted molar refractivity (Wildman–Crippen MR) is 136 cm³/mol. The zero-order valence-electron chi connectivity index (χ0n) is 11.0. The van der Waals surface area contributed by atoms with E-state index in [1.54, 1.807) is 86.4 Å². The molecule has 1 rings (SSSR count). The molecular weight excluding hydrogens is 505 g/mol. The monoisotopic (exact) mass is 518 g/mol. The van der Waals surface area contributed by atoms with Crippen molar-refractivity contribution in [2.45, 2.75) is 19.6 Å². The van der Waals surface area contributed by atoms with Crippen LogP contribution in [0.4, 0.5) is 0 Å². The van der Waals surface area contributed by atoms with Gasteiger partial charge < -0.3 is 0 Å². The van der Waals surface area contributed by atoms with Crippen LogP contribution in [0.15, 0.2) is 31.7 Å². The van der Waals surface area contributed by atoms with Gasteiger partial charge in [-0.15, -0.1) is 0 Å². The molecule has 1 aromatic rings. The molecular formula is C10H14S12. The summed E-state index contributed by atoms with van der Waals surface area (Å²) in [4.78, 5) is 5.23. The van der Waals surface area contributed by atoms with Crippen molar-refractivity contribution in [3.63, 3.8) is 0 Å². The molecule has 0 aromatic heterocycles. The standard InChI is InChI=1S/C10H14S12/c11-3-15-19-7-1-2-8(20-16-4-12)10(22-18-6-14)9(7)21-17-5-13/h1-2,11-14H,3-6H2. The fourth-order valence-corrected chi connectivity index (χ4v) is 10.8. The molecule has 0 nitrogen and oxygen atoms in total. The Morgan fingerprint density at radius 1 is 0.545 bits per heavy atom. The fraction of sp³-hybridized carbons (Fsp3) is 0.400. The Morgan fingerprint density at radius 3 is 1.18 bits per heavy atom. The summed E-state index contributed by atoms with van der Waals surface area (Å²) in [6.45, 7) is 0. The Hall–Kier alpha value is 3.42. The first-order valence-corrected chi connectivity index (χ1v) is 17.4. The highest BCUT2D eigenvalue weighted by Crippen LogP contribution is 2.53. The minimum Gasteiger partial charge on any atom is -0.167 e. The third-order valence-corrected chi connectivity index (χ3v) is 13.9. The van der Waals surface area contributed by atoms with E-state index >= 15 is 0 Å². The lowest BCUT2D eigenvalue weighted by Crippen LogP contribution is -1.85. The highest BCUT2D eigenvalue weighted by Gasteiger charge is 2.16. The van der Waals surface area contributed by atoms with Crippen LogP contribution in [0.2, 0.25) is 0 Å². The Balaban J connectivity index is 3.11. The lowest BCUT2D eigenvalue weighted by molar-refractivity contribution is 1.05. The van der Waals surface area contributed by atoms with Crippen molar-refractivity contribution in [3.05, 3.63) is 12.1 Å². The van der Waals surface area contributed by atoms with Gasteiger partial charge in [-0.05, 0) is 12.1 Å². The van der Waals surface area contributed by atoms with Crippen LogP contribution in [0.25, 0.3) is 0 Å². The van der Waals surface area contributed by atoms with Gasteiger partial charge in [-0.25, -0.2) is 0 Å². The van der Waals surface area contributed by atoms with Crippen LogP contribution in [0.3, 0.4) is 0 Å². The van der Waals surface area contributed by atoms with Crippen LogP contribution < -0.4 is 0 Å². The average molecular weight is 519 g/mol. The second-order valence-electron chi connectivity index (χ2n) is 3.04. The highest BCUT2D eigenvalue weighted by atomic mass is 33.1. The zero-order valence-corrected chi connectivity index (χ0v) is 21.1. The van der Waals surface area contributed by atoms with Gasteiger partial charge in [-0.1, -0.05) is 86.4 Å². The highest BCUT2D eigenvalue weighted by molar-refractivity contribution is 8.80. The summed E-state index contributed by atoms with van der Waals surface area (Å²) >= 11 is 17.2. The third-order valence-electron chi connectivity index (χ3n) is 1.83. The number of hydrogen-bond acceptors (Lipinski definition) is 12. The minimum absolute atomic E-state index is 0.793. The summed E-state index contributed by atoms with van der Waals surface area (Å²) in [6.07, 6.45) is 0. The molecule has 0 aliphatic rings. The van der Waals surface area contributed by atoms with E-state index in [0.29, 0.717) is 0 Å². The summed E-state index contributed by atoms with van der Waals surface area (Å²) in [6, 6.07) is 4.42. The summed E-state index contributed by atoms with van der Waals surface area (Å²) in [5, 5.41) is 3.19. The minimum atomic E-state index is 0.793. The second kappa shape index (κ2) is 15.5. The molecule has 0 atom stereocenters. The lowest BCUT2D eigenvalue weighted by Gasteiger charge is -2.15. The van der Waals surface area contributed by atoms with E-state index in [-0.39, 0.29) is 0 Å². The average Bonchev–Trinajstić information content (AvgIpc) is 2.55. The van der Waals surface area contributed by atoms with Gasteiger partial charge >= 0.3 is 0 Å². The van der Waals surface area contributed by atoms with Gasteiger partial charge in [0.05, 0.1) is 0 Å². The van der Waals surface area contributed by atoms with Crippen molar-refractivity contribution in [1.82, 2.24) is 0 Å². The first-order valence-electron chi connectivity index (χ1n) is 5.56. The van der Waals surface area contributed by atoms with E-state index in [1.165, 1.54) is 19.6 Å². The Morgan fingerprint density at radius 2 is 0.864 bits per heavy atom. The van der Waals surface area contributed by atoms with E-state index in [4.69, 9.17) is 0 Å². The number of thiol groups is 4. The van der Waals surface area contributed by atoms with E-state index in [0.717, 1.165) is 20.3 Å². The fourth-order valence-electron chi connectivity index (χ4n) is 1.17.